The fraction of sp³-hybridized carbons (Fsp3) is 0.500. The lowest BCUT2D eigenvalue weighted by molar-refractivity contribution is -0.0361. The summed E-state index contributed by atoms with van der Waals surface area (Å²) in [5.41, 5.74) is 0.234. The second-order valence-electron chi connectivity index (χ2n) is 5.85. The monoisotopic (exact) mass is 359 g/mol. The number of morpholine rings is 1. The fourth-order valence-electron chi connectivity index (χ4n) is 2.99. The van der Waals surface area contributed by atoms with Crippen LogP contribution in [0.4, 0.5) is 0 Å². The number of sulfone groups is 2. The lowest BCUT2D eigenvalue weighted by Gasteiger charge is -2.36. The average molecular weight is 359 g/mol. The minimum atomic E-state index is -3.42. The Morgan fingerprint density at radius 2 is 2.04 bits per heavy atom. The highest BCUT2D eigenvalue weighted by molar-refractivity contribution is 7.91. The van der Waals surface area contributed by atoms with Gasteiger partial charge in [0.15, 0.2) is 19.7 Å². The molecule has 3 rings (SSSR count). The number of amides is 1. The Balaban J connectivity index is 1.91. The molecule has 7 nitrogen and oxygen atoms in total. The van der Waals surface area contributed by atoms with Crippen LogP contribution in [0.25, 0.3) is 0 Å². The molecule has 0 bridgehead atoms. The Bertz CT molecular complexity index is 846. The van der Waals surface area contributed by atoms with Gasteiger partial charge in [-0.15, -0.1) is 0 Å². The zero-order valence-electron chi connectivity index (χ0n) is 12.5. The van der Waals surface area contributed by atoms with E-state index < -0.39 is 31.8 Å². The van der Waals surface area contributed by atoms with Crippen molar-refractivity contribution in [3.05, 3.63) is 29.8 Å². The molecule has 2 aliphatic rings. The number of rotatable bonds is 2. The van der Waals surface area contributed by atoms with Gasteiger partial charge < -0.3 is 9.64 Å². The first-order valence-electron chi connectivity index (χ1n) is 7.10. The maximum atomic E-state index is 12.7. The topological polar surface area (TPSA) is 97.8 Å². The molecule has 2 unspecified atom stereocenters. The van der Waals surface area contributed by atoms with Gasteiger partial charge >= 0.3 is 0 Å². The van der Waals surface area contributed by atoms with Gasteiger partial charge in [-0.3, -0.25) is 4.79 Å². The third kappa shape index (κ3) is 3.26. The van der Waals surface area contributed by atoms with Crippen LogP contribution in [0.1, 0.15) is 10.4 Å². The summed E-state index contributed by atoms with van der Waals surface area (Å²) in [7, 11) is -6.64. The number of ether oxygens (including phenoxy) is 1. The normalized spacial score (nSPS) is 26.7. The fourth-order valence-corrected chi connectivity index (χ4v) is 5.53. The third-order valence-electron chi connectivity index (χ3n) is 4.11. The van der Waals surface area contributed by atoms with Crippen molar-refractivity contribution >= 4 is 25.6 Å². The molecule has 2 saturated heterocycles. The smallest absolute Gasteiger partial charge is 0.254 e. The van der Waals surface area contributed by atoms with Crippen LogP contribution < -0.4 is 0 Å². The molecular formula is C14H17NO6S2. The quantitative estimate of drug-likeness (QED) is 0.721. The minimum Gasteiger partial charge on any atom is -0.373 e. The van der Waals surface area contributed by atoms with Crippen LogP contribution >= 0.6 is 0 Å². The van der Waals surface area contributed by atoms with E-state index in [2.05, 4.69) is 0 Å². The molecule has 2 aliphatic heterocycles. The van der Waals surface area contributed by atoms with Crippen LogP contribution in [0.2, 0.25) is 0 Å². The van der Waals surface area contributed by atoms with Gasteiger partial charge in [-0.1, -0.05) is 6.07 Å². The molecule has 0 aromatic heterocycles. The molecule has 0 radical (unpaired) electrons. The van der Waals surface area contributed by atoms with Crippen molar-refractivity contribution < 1.29 is 26.4 Å². The van der Waals surface area contributed by atoms with E-state index in [9.17, 15) is 21.6 Å². The van der Waals surface area contributed by atoms with Gasteiger partial charge in [0.25, 0.3) is 5.91 Å². The molecule has 23 heavy (non-hydrogen) atoms. The Kier molecular flexibility index (Phi) is 3.97. The Labute approximate surface area is 135 Å². The summed E-state index contributed by atoms with van der Waals surface area (Å²) in [4.78, 5) is 14.3. The van der Waals surface area contributed by atoms with Gasteiger partial charge in [0.05, 0.1) is 35.2 Å². The zero-order valence-corrected chi connectivity index (χ0v) is 14.1. The van der Waals surface area contributed by atoms with Crippen LogP contribution in [-0.4, -0.2) is 70.7 Å². The molecule has 1 aromatic rings. The van der Waals surface area contributed by atoms with E-state index in [1.54, 1.807) is 0 Å². The second-order valence-corrected chi connectivity index (χ2v) is 10.0. The number of nitrogens with zero attached hydrogens (tertiary/aromatic N) is 1. The lowest BCUT2D eigenvalue weighted by atomic mass is 10.1. The summed E-state index contributed by atoms with van der Waals surface area (Å²) < 4.78 is 52.3. The largest absolute Gasteiger partial charge is 0.373 e. The number of carbonyl (C=O) groups is 1. The second kappa shape index (κ2) is 5.57. The van der Waals surface area contributed by atoms with Gasteiger partial charge in [0.2, 0.25) is 0 Å². The Morgan fingerprint density at radius 3 is 2.74 bits per heavy atom. The molecule has 2 heterocycles. The van der Waals surface area contributed by atoms with Crippen molar-refractivity contribution in [1.29, 1.82) is 0 Å². The molecular weight excluding hydrogens is 342 g/mol. The molecule has 1 amide bonds. The van der Waals surface area contributed by atoms with Crippen molar-refractivity contribution in [1.82, 2.24) is 4.90 Å². The summed E-state index contributed by atoms with van der Waals surface area (Å²) in [6.07, 6.45) is 0.570. The van der Waals surface area contributed by atoms with E-state index in [4.69, 9.17) is 4.74 Å². The molecule has 0 spiro atoms. The summed E-state index contributed by atoms with van der Waals surface area (Å²) in [6, 6.07) is 5.28. The standard InChI is InChI=1S/C14H17NO6S2/c1-22(17,18)11-4-2-3-10(7-11)14(16)15-5-6-21-13-9-23(19,20)8-12(13)15/h2-4,7,12-13H,5-6,8-9H2,1H3. The van der Waals surface area contributed by atoms with Crippen molar-refractivity contribution in [3.8, 4) is 0 Å². The first-order chi connectivity index (χ1) is 10.7. The zero-order chi connectivity index (χ0) is 16.8. The van der Waals surface area contributed by atoms with Crippen LogP contribution in [0.3, 0.4) is 0 Å². The van der Waals surface area contributed by atoms with Gasteiger partial charge in [-0.25, -0.2) is 16.8 Å². The maximum absolute atomic E-state index is 12.7. The number of carbonyl (C=O) groups excluding carboxylic acids is 1. The first-order valence-corrected chi connectivity index (χ1v) is 10.8. The highest BCUT2D eigenvalue weighted by atomic mass is 32.2. The average Bonchev–Trinajstić information content (AvgIpc) is 2.79. The number of hydrogen-bond acceptors (Lipinski definition) is 6. The minimum absolute atomic E-state index is 0.0622. The van der Waals surface area contributed by atoms with Gasteiger partial charge in [-0.05, 0) is 18.2 Å². The van der Waals surface area contributed by atoms with Crippen molar-refractivity contribution in [3.63, 3.8) is 0 Å². The number of fused-ring (bicyclic) bond motifs is 1. The van der Waals surface area contributed by atoms with Crippen molar-refractivity contribution in [2.75, 3.05) is 30.9 Å². The lowest BCUT2D eigenvalue weighted by Crippen LogP contribution is -2.53. The predicted octanol–water partition coefficient (Wildman–Crippen LogP) is -0.272. The Hall–Kier alpha value is -1.45. The van der Waals surface area contributed by atoms with E-state index in [-0.39, 0.29) is 34.5 Å². The molecule has 1 aromatic carbocycles. The van der Waals surface area contributed by atoms with Gasteiger partial charge in [0.1, 0.15) is 0 Å². The van der Waals surface area contributed by atoms with Gasteiger partial charge in [-0.2, -0.15) is 0 Å². The van der Waals surface area contributed by atoms with E-state index in [0.29, 0.717) is 6.54 Å². The molecule has 0 aliphatic carbocycles. The summed E-state index contributed by atoms with van der Waals surface area (Å²) >= 11 is 0. The molecule has 0 N–H and O–H groups in total. The van der Waals surface area contributed by atoms with Crippen molar-refractivity contribution in [2.24, 2.45) is 0 Å². The summed E-state index contributed by atoms with van der Waals surface area (Å²) in [5, 5.41) is 0. The first kappa shape index (κ1) is 16.4. The molecule has 126 valence electrons. The Morgan fingerprint density at radius 1 is 1.30 bits per heavy atom. The SMILES string of the molecule is CS(=O)(=O)c1cccc(C(=O)N2CCOC3CS(=O)(=O)CC32)c1. The number of benzene rings is 1. The van der Waals surface area contributed by atoms with E-state index in [1.807, 2.05) is 0 Å². The van der Waals surface area contributed by atoms with Crippen molar-refractivity contribution in [2.45, 2.75) is 17.0 Å². The van der Waals surface area contributed by atoms with Crippen LogP contribution in [0.15, 0.2) is 29.2 Å². The maximum Gasteiger partial charge on any atom is 0.254 e. The van der Waals surface area contributed by atoms with Crippen LogP contribution in [-0.2, 0) is 24.4 Å². The van der Waals surface area contributed by atoms with E-state index >= 15 is 0 Å². The summed E-state index contributed by atoms with van der Waals surface area (Å²) in [6.45, 7) is 0.562. The molecule has 2 atom stereocenters. The predicted molar refractivity (Wildman–Crippen MR) is 82.8 cm³/mol. The highest BCUT2D eigenvalue weighted by Gasteiger charge is 2.45. The van der Waals surface area contributed by atoms with Crippen LogP contribution in [0.5, 0.6) is 0 Å². The highest BCUT2D eigenvalue weighted by Crippen LogP contribution is 2.26. The summed E-state index contributed by atoms with van der Waals surface area (Å²) in [5.74, 6) is -0.564. The van der Waals surface area contributed by atoms with Crippen LogP contribution in [0, 0.1) is 0 Å². The third-order valence-corrected chi connectivity index (χ3v) is 6.90. The van der Waals surface area contributed by atoms with Gasteiger partial charge in [0, 0.05) is 18.4 Å². The molecule has 9 heteroatoms. The number of hydrogen-bond donors (Lipinski definition) is 0. The molecule has 0 saturated carbocycles. The molecule has 2 fully saturated rings. The van der Waals surface area contributed by atoms with E-state index in [0.717, 1.165) is 6.26 Å². The van der Waals surface area contributed by atoms with E-state index in [1.165, 1.54) is 29.2 Å².